The molecule has 1 unspecified atom stereocenters. The molecule has 3 nitrogen and oxygen atoms in total. The number of likely N-dealkylation sites (N-methyl/N-ethyl adjacent to an activating group) is 1. The lowest BCUT2D eigenvalue weighted by atomic mass is 10.0. The number of benzene rings is 2. The lowest BCUT2D eigenvalue weighted by Crippen LogP contribution is -2.34. The molecule has 2 aromatic carbocycles. The Morgan fingerprint density at radius 1 is 0.955 bits per heavy atom. The number of aryl methyl sites for hydroxylation is 2. The summed E-state index contributed by atoms with van der Waals surface area (Å²) in [6, 6.07) is 16.3. The van der Waals surface area contributed by atoms with Crippen LogP contribution in [0.5, 0.6) is 0 Å². The van der Waals surface area contributed by atoms with Crippen LogP contribution in [0.15, 0.2) is 48.5 Å². The Morgan fingerprint density at radius 2 is 1.45 bits per heavy atom. The van der Waals surface area contributed by atoms with Crippen molar-refractivity contribution in [2.75, 3.05) is 20.6 Å². The quantitative estimate of drug-likeness (QED) is 0.918. The Hall–Kier alpha value is -2.13. The van der Waals surface area contributed by atoms with E-state index in [1.807, 2.05) is 45.3 Å². The second-order valence-corrected chi connectivity index (χ2v) is 5.97. The SMILES string of the molecule is Cc1ccc(C(=O)NCC(c2ccc(C)cc2)N(C)C)cc1. The molecule has 0 aromatic heterocycles. The normalized spacial score (nSPS) is 12.2. The van der Waals surface area contributed by atoms with Gasteiger partial charge in [0.2, 0.25) is 0 Å². The average Bonchev–Trinajstić information content (AvgIpc) is 2.49. The van der Waals surface area contributed by atoms with Crippen LogP contribution in [-0.2, 0) is 0 Å². The molecule has 0 aliphatic rings. The highest BCUT2D eigenvalue weighted by atomic mass is 16.1. The van der Waals surface area contributed by atoms with Crippen LogP contribution in [0.2, 0.25) is 0 Å². The summed E-state index contributed by atoms with van der Waals surface area (Å²) >= 11 is 0. The number of rotatable bonds is 5. The van der Waals surface area contributed by atoms with Crippen LogP contribution in [0.3, 0.4) is 0 Å². The van der Waals surface area contributed by atoms with E-state index in [2.05, 4.69) is 41.4 Å². The lowest BCUT2D eigenvalue weighted by molar-refractivity contribution is 0.0942. The van der Waals surface area contributed by atoms with Crippen molar-refractivity contribution in [3.8, 4) is 0 Å². The minimum absolute atomic E-state index is 0.0287. The van der Waals surface area contributed by atoms with Gasteiger partial charge in [-0.25, -0.2) is 0 Å². The molecule has 1 N–H and O–H groups in total. The summed E-state index contributed by atoms with van der Waals surface area (Å²) in [5.41, 5.74) is 4.30. The molecule has 0 saturated heterocycles. The van der Waals surface area contributed by atoms with Crippen molar-refractivity contribution in [1.82, 2.24) is 10.2 Å². The Kier molecular flexibility index (Phi) is 5.34. The predicted octanol–water partition coefficient (Wildman–Crippen LogP) is 3.34. The summed E-state index contributed by atoms with van der Waals surface area (Å²) in [6.45, 7) is 4.68. The summed E-state index contributed by atoms with van der Waals surface area (Å²) in [6.07, 6.45) is 0. The zero-order valence-corrected chi connectivity index (χ0v) is 13.8. The molecule has 1 amide bonds. The van der Waals surface area contributed by atoms with E-state index in [4.69, 9.17) is 0 Å². The third-order valence-corrected chi connectivity index (χ3v) is 3.86. The van der Waals surface area contributed by atoms with Crippen LogP contribution in [-0.4, -0.2) is 31.4 Å². The van der Waals surface area contributed by atoms with Gasteiger partial charge in [0.15, 0.2) is 0 Å². The molecule has 22 heavy (non-hydrogen) atoms. The number of hydrogen-bond donors (Lipinski definition) is 1. The predicted molar refractivity (Wildman–Crippen MR) is 91.1 cm³/mol. The van der Waals surface area contributed by atoms with Crippen molar-refractivity contribution in [3.05, 3.63) is 70.8 Å². The van der Waals surface area contributed by atoms with Gasteiger partial charge in [-0.05, 0) is 45.6 Å². The van der Waals surface area contributed by atoms with Crippen molar-refractivity contribution in [3.63, 3.8) is 0 Å². The zero-order chi connectivity index (χ0) is 16.1. The first-order valence-electron chi connectivity index (χ1n) is 7.55. The second-order valence-electron chi connectivity index (χ2n) is 5.97. The molecule has 0 saturated carbocycles. The average molecular weight is 296 g/mol. The van der Waals surface area contributed by atoms with Gasteiger partial charge in [-0.1, -0.05) is 47.5 Å². The molecule has 2 rings (SSSR count). The first kappa shape index (κ1) is 16.2. The van der Waals surface area contributed by atoms with Gasteiger partial charge in [0.25, 0.3) is 5.91 Å². The molecule has 0 aliphatic carbocycles. The lowest BCUT2D eigenvalue weighted by Gasteiger charge is -2.25. The van der Waals surface area contributed by atoms with E-state index in [1.165, 1.54) is 11.1 Å². The Bertz CT molecular complexity index is 615. The van der Waals surface area contributed by atoms with Crippen LogP contribution >= 0.6 is 0 Å². The summed E-state index contributed by atoms with van der Waals surface area (Å²) in [7, 11) is 4.06. The molecule has 1 atom stereocenters. The highest BCUT2D eigenvalue weighted by Gasteiger charge is 2.15. The molecule has 0 heterocycles. The van der Waals surface area contributed by atoms with Gasteiger partial charge in [-0.15, -0.1) is 0 Å². The number of carbonyl (C=O) groups is 1. The highest BCUT2D eigenvalue weighted by Crippen LogP contribution is 2.18. The minimum Gasteiger partial charge on any atom is -0.350 e. The van der Waals surface area contributed by atoms with Crippen LogP contribution in [0.25, 0.3) is 0 Å². The molecule has 0 bridgehead atoms. The summed E-state index contributed by atoms with van der Waals surface area (Å²) in [5, 5.41) is 3.03. The van der Waals surface area contributed by atoms with Crippen molar-refractivity contribution in [2.24, 2.45) is 0 Å². The van der Waals surface area contributed by atoms with Crippen molar-refractivity contribution in [1.29, 1.82) is 0 Å². The number of hydrogen-bond acceptors (Lipinski definition) is 2. The third kappa shape index (κ3) is 4.18. The molecule has 0 spiro atoms. The van der Waals surface area contributed by atoms with E-state index in [9.17, 15) is 4.79 Å². The highest BCUT2D eigenvalue weighted by molar-refractivity contribution is 5.94. The van der Waals surface area contributed by atoms with Gasteiger partial charge in [0.05, 0.1) is 6.04 Å². The van der Waals surface area contributed by atoms with Crippen LogP contribution in [0, 0.1) is 13.8 Å². The largest absolute Gasteiger partial charge is 0.350 e. The number of carbonyl (C=O) groups excluding carboxylic acids is 1. The molecule has 0 radical (unpaired) electrons. The van der Waals surface area contributed by atoms with Crippen LogP contribution in [0.4, 0.5) is 0 Å². The van der Waals surface area contributed by atoms with Gasteiger partial charge >= 0.3 is 0 Å². The fourth-order valence-electron chi connectivity index (χ4n) is 2.38. The maximum absolute atomic E-state index is 12.2. The molecule has 2 aromatic rings. The van der Waals surface area contributed by atoms with Gasteiger partial charge in [-0.3, -0.25) is 4.79 Å². The zero-order valence-electron chi connectivity index (χ0n) is 13.8. The monoisotopic (exact) mass is 296 g/mol. The van der Waals surface area contributed by atoms with E-state index < -0.39 is 0 Å². The van der Waals surface area contributed by atoms with E-state index in [-0.39, 0.29) is 11.9 Å². The molecule has 0 aliphatic heterocycles. The minimum atomic E-state index is -0.0287. The molecule has 116 valence electrons. The first-order chi connectivity index (χ1) is 10.5. The molecule has 0 fully saturated rings. The van der Waals surface area contributed by atoms with Crippen LogP contribution < -0.4 is 5.32 Å². The van der Waals surface area contributed by atoms with E-state index in [0.717, 1.165) is 5.56 Å². The first-order valence-corrected chi connectivity index (χ1v) is 7.55. The maximum Gasteiger partial charge on any atom is 0.251 e. The Labute approximate surface area is 133 Å². The maximum atomic E-state index is 12.2. The Balaban J connectivity index is 2.04. The number of nitrogens with one attached hydrogen (secondary N) is 1. The number of amides is 1. The van der Waals surface area contributed by atoms with Gasteiger partial charge in [0, 0.05) is 12.1 Å². The van der Waals surface area contributed by atoms with Crippen molar-refractivity contribution < 1.29 is 4.79 Å². The second kappa shape index (κ2) is 7.23. The smallest absolute Gasteiger partial charge is 0.251 e. The summed E-state index contributed by atoms with van der Waals surface area (Å²) < 4.78 is 0. The molecule has 3 heteroatoms. The van der Waals surface area contributed by atoms with Crippen molar-refractivity contribution in [2.45, 2.75) is 19.9 Å². The summed E-state index contributed by atoms with van der Waals surface area (Å²) in [5.74, 6) is -0.0287. The van der Waals surface area contributed by atoms with E-state index >= 15 is 0 Å². The van der Waals surface area contributed by atoms with Crippen LogP contribution in [0.1, 0.15) is 33.1 Å². The summed E-state index contributed by atoms with van der Waals surface area (Å²) in [4.78, 5) is 14.4. The fourth-order valence-corrected chi connectivity index (χ4v) is 2.38. The third-order valence-electron chi connectivity index (χ3n) is 3.86. The molecular weight excluding hydrogens is 272 g/mol. The van der Waals surface area contributed by atoms with E-state index in [0.29, 0.717) is 12.1 Å². The van der Waals surface area contributed by atoms with Gasteiger partial charge in [0.1, 0.15) is 0 Å². The number of nitrogens with zero attached hydrogens (tertiary/aromatic N) is 1. The van der Waals surface area contributed by atoms with E-state index in [1.54, 1.807) is 0 Å². The molecular formula is C19H24N2O. The standard InChI is InChI=1S/C19H24N2O/c1-14-5-9-16(10-6-14)18(21(3)4)13-20-19(22)17-11-7-15(2)8-12-17/h5-12,18H,13H2,1-4H3,(H,20,22). The van der Waals surface area contributed by atoms with Gasteiger partial charge < -0.3 is 10.2 Å². The fraction of sp³-hybridized carbons (Fsp3) is 0.316. The topological polar surface area (TPSA) is 32.3 Å². The van der Waals surface area contributed by atoms with Crippen molar-refractivity contribution >= 4 is 5.91 Å². The van der Waals surface area contributed by atoms with Gasteiger partial charge in [-0.2, -0.15) is 0 Å². The Morgan fingerprint density at radius 3 is 1.95 bits per heavy atom.